The van der Waals surface area contributed by atoms with E-state index in [9.17, 15) is 9.59 Å². The Kier molecular flexibility index (Phi) is 7.46. The molecule has 1 aromatic heterocycles. The van der Waals surface area contributed by atoms with Crippen molar-refractivity contribution in [3.8, 4) is 5.75 Å². The third kappa shape index (κ3) is 5.16. The van der Waals surface area contributed by atoms with Gasteiger partial charge >= 0.3 is 0 Å². The van der Waals surface area contributed by atoms with E-state index in [1.807, 2.05) is 55.4 Å². The number of benzene rings is 2. The summed E-state index contributed by atoms with van der Waals surface area (Å²) in [6.07, 6.45) is 5.01. The number of carbonyl (C=O) groups excluding carboxylic acids is 2. The molecule has 0 atom stereocenters. The normalized spacial score (nSPS) is 15.8. The molecule has 0 bridgehead atoms. The quantitative estimate of drug-likeness (QED) is 0.355. The van der Waals surface area contributed by atoms with Crippen LogP contribution in [0.3, 0.4) is 0 Å². The standard InChI is InChI=1S/C28H32BrN7O3/c1-35(2)28(10-6-11-28)26(38)36-12-9-17-14-23(39-3)22(13-18(17)16-36)33-27-31-15-19(24(30)37)25(34-27)32-21-8-5-4-7-20(21)29/h4-5,7-8,13-15H,6,9-12,16H2,1-3H3,(H2,30,37)(H2,31,32,33,34). The van der Waals surface area contributed by atoms with E-state index in [-0.39, 0.29) is 23.2 Å². The number of nitrogens with zero attached hydrogens (tertiary/aromatic N) is 4. The van der Waals surface area contributed by atoms with Crippen molar-refractivity contribution in [2.75, 3.05) is 38.4 Å². The number of para-hydroxylation sites is 1. The summed E-state index contributed by atoms with van der Waals surface area (Å²) in [5.41, 5.74) is 8.94. The monoisotopic (exact) mass is 593 g/mol. The number of rotatable bonds is 8. The molecule has 2 amide bonds. The average molecular weight is 595 g/mol. The first-order valence-electron chi connectivity index (χ1n) is 12.8. The van der Waals surface area contributed by atoms with Crippen LogP contribution in [0.15, 0.2) is 47.1 Å². The van der Waals surface area contributed by atoms with Gasteiger partial charge in [-0.1, -0.05) is 12.1 Å². The van der Waals surface area contributed by atoms with Gasteiger partial charge in [-0.2, -0.15) is 4.98 Å². The summed E-state index contributed by atoms with van der Waals surface area (Å²) >= 11 is 3.50. The molecule has 0 radical (unpaired) electrons. The van der Waals surface area contributed by atoms with E-state index in [1.165, 1.54) is 6.20 Å². The largest absolute Gasteiger partial charge is 0.495 e. The van der Waals surface area contributed by atoms with Gasteiger partial charge in [0, 0.05) is 23.8 Å². The summed E-state index contributed by atoms with van der Waals surface area (Å²) in [6, 6.07) is 11.5. The number of nitrogens with two attached hydrogens (primary N) is 1. The zero-order valence-corrected chi connectivity index (χ0v) is 23.8. The van der Waals surface area contributed by atoms with Crippen LogP contribution in [0.2, 0.25) is 0 Å². The van der Waals surface area contributed by atoms with Gasteiger partial charge in [0.1, 0.15) is 22.7 Å². The molecule has 204 valence electrons. The summed E-state index contributed by atoms with van der Waals surface area (Å²) in [5.74, 6) is 0.727. The molecule has 3 aromatic rings. The summed E-state index contributed by atoms with van der Waals surface area (Å²) in [4.78, 5) is 38.5. The second-order valence-corrected chi connectivity index (χ2v) is 11.0. The van der Waals surface area contributed by atoms with E-state index < -0.39 is 11.4 Å². The molecule has 1 aliphatic carbocycles. The van der Waals surface area contributed by atoms with Gasteiger partial charge < -0.3 is 26.0 Å². The molecular weight excluding hydrogens is 562 g/mol. The van der Waals surface area contributed by atoms with Crippen LogP contribution in [-0.2, 0) is 17.8 Å². The molecule has 2 heterocycles. The number of likely N-dealkylation sites (N-methyl/N-ethyl adjacent to an activating group) is 1. The predicted octanol–water partition coefficient (Wildman–Crippen LogP) is 4.20. The van der Waals surface area contributed by atoms with Gasteiger partial charge in [0.15, 0.2) is 0 Å². The highest BCUT2D eigenvalue weighted by molar-refractivity contribution is 9.10. The van der Waals surface area contributed by atoms with Gasteiger partial charge in [-0.05, 0) is 91.1 Å². The van der Waals surface area contributed by atoms with Crippen molar-refractivity contribution in [3.05, 3.63) is 63.8 Å². The molecule has 2 aliphatic rings. The van der Waals surface area contributed by atoms with Crippen LogP contribution < -0.4 is 21.1 Å². The molecule has 2 aromatic carbocycles. The number of ether oxygens (including phenoxy) is 1. The van der Waals surface area contributed by atoms with E-state index in [4.69, 9.17) is 10.5 Å². The lowest BCUT2D eigenvalue weighted by Gasteiger charge is -2.48. The second-order valence-electron chi connectivity index (χ2n) is 10.1. The van der Waals surface area contributed by atoms with Crippen molar-refractivity contribution in [2.24, 2.45) is 5.73 Å². The van der Waals surface area contributed by atoms with Gasteiger partial charge in [0.2, 0.25) is 11.9 Å². The first kappa shape index (κ1) is 26.9. The molecule has 39 heavy (non-hydrogen) atoms. The van der Waals surface area contributed by atoms with Crippen LogP contribution in [0, 0.1) is 0 Å². The Bertz CT molecular complexity index is 1420. The highest BCUT2D eigenvalue weighted by Gasteiger charge is 2.48. The number of anilines is 4. The summed E-state index contributed by atoms with van der Waals surface area (Å²) in [5, 5.41) is 6.39. The lowest BCUT2D eigenvalue weighted by Crippen LogP contribution is -2.61. The van der Waals surface area contributed by atoms with Gasteiger partial charge in [0.05, 0.1) is 18.5 Å². The summed E-state index contributed by atoms with van der Waals surface area (Å²) in [6.45, 7) is 1.21. The minimum Gasteiger partial charge on any atom is -0.495 e. The predicted molar refractivity (Wildman–Crippen MR) is 154 cm³/mol. The number of carbonyl (C=O) groups is 2. The Morgan fingerprint density at radius 2 is 1.90 bits per heavy atom. The molecular formula is C28H32BrN7O3. The number of nitrogens with one attached hydrogen (secondary N) is 2. The van der Waals surface area contributed by atoms with Crippen molar-refractivity contribution in [1.29, 1.82) is 0 Å². The number of hydrogen-bond donors (Lipinski definition) is 3. The molecule has 4 N–H and O–H groups in total. The van der Waals surface area contributed by atoms with Crippen LogP contribution in [0.5, 0.6) is 5.75 Å². The van der Waals surface area contributed by atoms with E-state index in [0.29, 0.717) is 24.5 Å². The van der Waals surface area contributed by atoms with Crippen LogP contribution >= 0.6 is 15.9 Å². The Balaban J connectivity index is 1.42. The van der Waals surface area contributed by atoms with Gasteiger partial charge in [-0.3, -0.25) is 14.5 Å². The van der Waals surface area contributed by atoms with Crippen LogP contribution in [0.4, 0.5) is 23.1 Å². The molecule has 1 saturated carbocycles. The van der Waals surface area contributed by atoms with E-state index >= 15 is 0 Å². The van der Waals surface area contributed by atoms with Gasteiger partial charge in [0.25, 0.3) is 5.91 Å². The Morgan fingerprint density at radius 3 is 2.54 bits per heavy atom. The van der Waals surface area contributed by atoms with Crippen molar-refractivity contribution < 1.29 is 14.3 Å². The SMILES string of the molecule is COc1cc2c(cc1Nc1ncc(C(N)=O)c(Nc3ccccc3Br)n1)CN(C(=O)C1(N(C)C)CCC1)CC2. The maximum Gasteiger partial charge on any atom is 0.254 e. The van der Waals surface area contributed by atoms with Crippen molar-refractivity contribution >= 4 is 50.9 Å². The van der Waals surface area contributed by atoms with E-state index in [2.05, 4.69) is 41.4 Å². The highest BCUT2D eigenvalue weighted by atomic mass is 79.9. The van der Waals surface area contributed by atoms with Crippen molar-refractivity contribution in [2.45, 2.75) is 37.8 Å². The fourth-order valence-electron chi connectivity index (χ4n) is 5.21. The van der Waals surface area contributed by atoms with Crippen LogP contribution in [-0.4, -0.2) is 64.9 Å². The van der Waals surface area contributed by atoms with Gasteiger partial charge in [-0.25, -0.2) is 4.98 Å². The molecule has 0 saturated heterocycles. The molecule has 0 unspecified atom stereocenters. The topological polar surface area (TPSA) is 126 Å². The third-order valence-corrected chi connectivity index (χ3v) is 8.38. The van der Waals surface area contributed by atoms with Crippen LogP contribution in [0.1, 0.15) is 40.7 Å². The number of fused-ring (bicyclic) bond motifs is 1. The minimum absolute atomic E-state index is 0.161. The van der Waals surface area contributed by atoms with Crippen molar-refractivity contribution in [1.82, 2.24) is 19.8 Å². The number of hydrogen-bond acceptors (Lipinski definition) is 8. The molecule has 1 fully saturated rings. The lowest BCUT2D eigenvalue weighted by molar-refractivity contribution is -0.149. The fourth-order valence-corrected chi connectivity index (χ4v) is 5.60. The zero-order valence-electron chi connectivity index (χ0n) is 22.3. The minimum atomic E-state index is -0.644. The summed E-state index contributed by atoms with van der Waals surface area (Å²) < 4.78 is 6.48. The number of methoxy groups -OCH3 is 1. The molecule has 1 aliphatic heterocycles. The lowest BCUT2D eigenvalue weighted by atomic mass is 9.74. The third-order valence-electron chi connectivity index (χ3n) is 7.68. The molecule has 0 spiro atoms. The maximum absolute atomic E-state index is 13.5. The maximum atomic E-state index is 13.5. The Morgan fingerprint density at radius 1 is 1.13 bits per heavy atom. The van der Waals surface area contributed by atoms with Gasteiger partial charge in [-0.15, -0.1) is 0 Å². The first-order chi connectivity index (χ1) is 18.7. The Hall–Kier alpha value is -3.70. The van der Waals surface area contributed by atoms with E-state index in [0.717, 1.165) is 47.0 Å². The molecule has 11 heteroatoms. The number of amides is 2. The number of aromatic nitrogens is 2. The fraction of sp³-hybridized carbons (Fsp3) is 0.357. The number of halogens is 1. The highest BCUT2D eigenvalue weighted by Crippen LogP contribution is 2.40. The zero-order chi connectivity index (χ0) is 27.7. The average Bonchev–Trinajstić information content (AvgIpc) is 2.88. The molecule has 5 rings (SSSR count). The first-order valence-corrected chi connectivity index (χ1v) is 13.6. The number of primary amides is 1. The summed E-state index contributed by atoms with van der Waals surface area (Å²) in [7, 11) is 5.59. The van der Waals surface area contributed by atoms with Crippen LogP contribution in [0.25, 0.3) is 0 Å². The molecule has 10 nitrogen and oxygen atoms in total. The van der Waals surface area contributed by atoms with Crippen molar-refractivity contribution in [3.63, 3.8) is 0 Å². The smallest absolute Gasteiger partial charge is 0.254 e. The second kappa shape index (κ2) is 10.8. The Labute approximate surface area is 236 Å². The van der Waals surface area contributed by atoms with E-state index in [1.54, 1.807) is 7.11 Å².